The van der Waals surface area contributed by atoms with E-state index in [9.17, 15) is 4.39 Å². The summed E-state index contributed by atoms with van der Waals surface area (Å²) in [5.74, 6) is 0.486. The lowest BCUT2D eigenvalue weighted by atomic mass is 10.0. The van der Waals surface area contributed by atoms with E-state index >= 15 is 0 Å². The third kappa shape index (κ3) is 5.18. The Bertz CT molecular complexity index is 605. The van der Waals surface area contributed by atoms with Crippen LogP contribution in [0.2, 0.25) is 0 Å². The minimum absolute atomic E-state index is 0.0147. The van der Waals surface area contributed by atoms with E-state index in [-0.39, 0.29) is 18.5 Å². The maximum atomic E-state index is 13.1. The Balaban J connectivity index is 2.09. The lowest BCUT2D eigenvalue weighted by Crippen LogP contribution is -2.21. The third-order valence-corrected chi connectivity index (χ3v) is 3.83. The van der Waals surface area contributed by atoms with Crippen LogP contribution in [0.3, 0.4) is 0 Å². The predicted octanol–water partition coefficient (Wildman–Crippen LogP) is 2.84. The standard InChI is InChI=1S/C18H24FN3O2/c1-22(10-11-23)16-7-8-18(20-13-16)21-17(9-12-24-2)14-3-5-15(19)6-4-14/h3-8,13,17,23H,9-12H2,1-2H3,(H,20,21). The van der Waals surface area contributed by atoms with Gasteiger partial charge in [0, 0.05) is 27.3 Å². The van der Waals surface area contributed by atoms with Crippen molar-refractivity contribution in [1.82, 2.24) is 4.98 Å². The molecule has 0 amide bonds. The van der Waals surface area contributed by atoms with Crippen molar-refractivity contribution in [3.63, 3.8) is 0 Å². The van der Waals surface area contributed by atoms with Crippen molar-refractivity contribution in [3.05, 3.63) is 54.0 Å². The van der Waals surface area contributed by atoms with Gasteiger partial charge in [-0.2, -0.15) is 0 Å². The molecule has 0 saturated carbocycles. The number of halogens is 1. The summed E-state index contributed by atoms with van der Waals surface area (Å²) in [5, 5.41) is 12.4. The number of anilines is 2. The summed E-state index contributed by atoms with van der Waals surface area (Å²) in [4.78, 5) is 6.35. The largest absolute Gasteiger partial charge is 0.395 e. The number of rotatable bonds is 9. The first-order valence-corrected chi connectivity index (χ1v) is 7.93. The summed E-state index contributed by atoms with van der Waals surface area (Å²) in [6.45, 7) is 1.24. The second-order valence-corrected chi connectivity index (χ2v) is 5.58. The molecule has 6 heteroatoms. The number of aliphatic hydroxyl groups excluding tert-OH is 1. The summed E-state index contributed by atoms with van der Waals surface area (Å²) >= 11 is 0. The van der Waals surface area contributed by atoms with Crippen LogP contribution >= 0.6 is 0 Å². The molecule has 24 heavy (non-hydrogen) atoms. The zero-order valence-corrected chi connectivity index (χ0v) is 14.1. The monoisotopic (exact) mass is 333 g/mol. The first-order valence-electron chi connectivity index (χ1n) is 7.93. The number of aliphatic hydroxyl groups is 1. The van der Waals surface area contributed by atoms with E-state index in [0.29, 0.717) is 13.2 Å². The SMILES string of the molecule is COCCC(Nc1ccc(N(C)CCO)cn1)c1ccc(F)cc1. The van der Waals surface area contributed by atoms with E-state index in [1.807, 2.05) is 24.1 Å². The Kier molecular flexibility index (Phi) is 6.96. The fourth-order valence-electron chi connectivity index (χ4n) is 2.41. The normalized spacial score (nSPS) is 12.0. The molecule has 0 radical (unpaired) electrons. The van der Waals surface area contributed by atoms with Crippen molar-refractivity contribution in [3.8, 4) is 0 Å². The van der Waals surface area contributed by atoms with Gasteiger partial charge in [0.05, 0.1) is 24.5 Å². The second-order valence-electron chi connectivity index (χ2n) is 5.58. The third-order valence-electron chi connectivity index (χ3n) is 3.83. The van der Waals surface area contributed by atoms with E-state index < -0.39 is 0 Å². The summed E-state index contributed by atoms with van der Waals surface area (Å²) in [5.41, 5.74) is 1.92. The Morgan fingerprint density at radius 1 is 1.25 bits per heavy atom. The van der Waals surface area contributed by atoms with Gasteiger partial charge in [-0.05, 0) is 36.2 Å². The van der Waals surface area contributed by atoms with Crippen molar-refractivity contribution in [2.75, 3.05) is 44.1 Å². The van der Waals surface area contributed by atoms with Gasteiger partial charge < -0.3 is 20.1 Å². The van der Waals surface area contributed by atoms with Gasteiger partial charge >= 0.3 is 0 Å². The molecule has 0 aliphatic rings. The number of hydrogen-bond donors (Lipinski definition) is 2. The van der Waals surface area contributed by atoms with Crippen molar-refractivity contribution >= 4 is 11.5 Å². The summed E-state index contributed by atoms with van der Waals surface area (Å²) in [7, 11) is 3.56. The molecule has 0 bridgehead atoms. The van der Waals surface area contributed by atoms with E-state index in [4.69, 9.17) is 9.84 Å². The Labute approximate surface area is 142 Å². The van der Waals surface area contributed by atoms with Gasteiger partial charge in [-0.25, -0.2) is 9.37 Å². The molecule has 0 aliphatic carbocycles. The molecule has 2 aromatic rings. The smallest absolute Gasteiger partial charge is 0.126 e. The number of methoxy groups -OCH3 is 1. The highest BCUT2D eigenvalue weighted by atomic mass is 19.1. The van der Waals surface area contributed by atoms with Crippen LogP contribution in [0, 0.1) is 5.82 Å². The lowest BCUT2D eigenvalue weighted by molar-refractivity contribution is 0.190. The predicted molar refractivity (Wildman–Crippen MR) is 93.8 cm³/mol. The number of aromatic nitrogens is 1. The average Bonchev–Trinajstić information content (AvgIpc) is 2.60. The van der Waals surface area contributed by atoms with Gasteiger partial charge in [0.15, 0.2) is 0 Å². The number of nitrogens with zero attached hydrogens (tertiary/aromatic N) is 2. The number of hydrogen-bond acceptors (Lipinski definition) is 5. The topological polar surface area (TPSA) is 57.6 Å². The minimum Gasteiger partial charge on any atom is -0.395 e. The Morgan fingerprint density at radius 3 is 2.58 bits per heavy atom. The van der Waals surface area contributed by atoms with Crippen LogP contribution in [0.4, 0.5) is 15.9 Å². The van der Waals surface area contributed by atoms with E-state index in [2.05, 4.69) is 10.3 Å². The van der Waals surface area contributed by atoms with Gasteiger partial charge in [-0.3, -0.25) is 0 Å². The molecule has 1 heterocycles. The highest BCUT2D eigenvalue weighted by Crippen LogP contribution is 2.23. The molecule has 1 aromatic carbocycles. The lowest BCUT2D eigenvalue weighted by Gasteiger charge is -2.21. The van der Waals surface area contributed by atoms with Crippen LogP contribution in [0.1, 0.15) is 18.0 Å². The average molecular weight is 333 g/mol. The number of likely N-dealkylation sites (N-methyl/N-ethyl adjacent to an activating group) is 1. The molecule has 1 aromatic heterocycles. The molecular formula is C18H24FN3O2. The maximum Gasteiger partial charge on any atom is 0.126 e. The Hall–Kier alpha value is -2.18. The van der Waals surface area contributed by atoms with E-state index in [1.165, 1.54) is 12.1 Å². The molecule has 2 rings (SSSR count). The van der Waals surface area contributed by atoms with Crippen molar-refractivity contribution in [2.45, 2.75) is 12.5 Å². The number of ether oxygens (including phenoxy) is 1. The molecule has 0 saturated heterocycles. The van der Waals surface area contributed by atoms with E-state index in [0.717, 1.165) is 23.5 Å². The van der Waals surface area contributed by atoms with Crippen LogP contribution < -0.4 is 10.2 Å². The first-order chi connectivity index (χ1) is 11.6. The van der Waals surface area contributed by atoms with Crippen molar-refractivity contribution < 1.29 is 14.2 Å². The quantitative estimate of drug-likeness (QED) is 0.739. The summed E-state index contributed by atoms with van der Waals surface area (Å²) in [6, 6.07) is 10.3. The zero-order chi connectivity index (χ0) is 17.4. The molecule has 0 aliphatic heterocycles. The molecular weight excluding hydrogens is 309 g/mol. The molecule has 0 fully saturated rings. The summed E-state index contributed by atoms with van der Waals surface area (Å²) in [6.07, 6.45) is 2.51. The first kappa shape index (κ1) is 18.2. The van der Waals surface area contributed by atoms with Crippen molar-refractivity contribution in [1.29, 1.82) is 0 Å². The minimum atomic E-state index is -0.251. The maximum absolute atomic E-state index is 13.1. The van der Waals surface area contributed by atoms with Crippen LogP contribution in [-0.2, 0) is 4.74 Å². The van der Waals surface area contributed by atoms with Crippen LogP contribution in [0.5, 0.6) is 0 Å². The van der Waals surface area contributed by atoms with Gasteiger partial charge in [0.25, 0.3) is 0 Å². The molecule has 1 atom stereocenters. The van der Waals surface area contributed by atoms with Gasteiger partial charge in [0.1, 0.15) is 11.6 Å². The molecule has 5 nitrogen and oxygen atoms in total. The highest BCUT2D eigenvalue weighted by molar-refractivity contribution is 5.49. The molecule has 1 unspecified atom stereocenters. The summed E-state index contributed by atoms with van der Waals surface area (Å²) < 4.78 is 18.3. The number of nitrogens with one attached hydrogen (secondary N) is 1. The second kappa shape index (κ2) is 9.20. The molecule has 2 N–H and O–H groups in total. The van der Waals surface area contributed by atoms with Crippen molar-refractivity contribution in [2.24, 2.45) is 0 Å². The number of pyridine rings is 1. The van der Waals surface area contributed by atoms with Crippen LogP contribution in [0.15, 0.2) is 42.6 Å². The van der Waals surface area contributed by atoms with Gasteiger partial charge in [0.2, 0.25) is 0 Å². The van der Waals surface area contributed by atoms with Crippen LogP contribution in [0.25, 0.3) is 0 Å². The molecule has 130 valence electrons. The highest BCUT2D eigenvalue weighted by Gasteiger charge is 2.12. The van der Waals surface area contributed by atoms with Crippen LogP contribution in [-0.4, -0.2) is 44.0 Å². The fraction of sp³-hybridized carbons (Fsp3) is 0.389. The van der Waals surface area contributed by atoms with Gasteiger partial charge in [-0.1, -0.05) is 12.1 Å². The number of benzene rings is 1. The zero-order valence-electron chi connectivity index (χ0n) is 14.1. The van der Waals surface area contributed by atoms with E-state index in [1.54, 1.807) is 25.4 Å². The molecule has 0 spiro atoms. The van der Waals surface area contributed by atoms with Gasteiger partial charge in [-0.15, -0.1) is 0 Å². The Morgan fingerprint density at radius 2 is 2.00 bits per heavy atom. The fourth-order valence-corrected chi connectivity index (χ4v) is 2.41.